The van der Waals surface area contributed by atoms with E-state index in [1.54, 1.807) is 6.92 Å². The number of carbonyl (C=O) groups excluding carboxylic acids is 3. The Kier molecular flexibility index (Phi) is 8.71. The average Bonchev–Trinajstić information content (AvgIpc) is 2.90. The van der Waals surface area contributed by atoms with Gasteiger partial charge in [0.2, 0.25) is 11.8 Å². The van der Waals surface area contributed by atoms with E-state index in [2.05, 4.69) is 53.4 Å². The minimum atomic E-state index is -0.738. The average molecular weight is 535 g/mol. The van der Waals surface area contributed by atoms with Gasteiger partial charge in [0.25, 0.3) is 5.91 Å². The number of hydrogen-bond acceptors (Lipinski definition) is 6. The number of aromatic nitrogens is 1. The van der Waals surface area contributed by atoms with Crippen LogP contribution >= 0.6 is 0 Å². The molecule has 4 rings (SSSR count). The molecule has 2 aliphatic heterocycles. The molecule has 0 spiro atoms. The van der Waals surface area contributed by atoms with Gasteiger partial charge in [-0.1, -0.05) is 58.0 Å². The molecular formula is C30H42N6O3. The Morgan fingerprint density at radius 1 is 1.00 bits per heavy atom. The zero-order chi connectivity index (χ0) is 28.3. The number of nitrogens with zero attached hydrogens (tertiary/aromatic N) is 2. The summed E-state index contributed by atoms with van der Waals surface area (Å²) >= 11 is 0. The fraction of sp³-hybridized carbons (Fsp3) is 0.533. The van der Waals surface area contributed by atoms with Gasteiger partial charge < -0.3 is 16.0 Å². The van der Waals surface area contributed by atoms with Crippen LogP contribution in [0.15, 0.2) is 36.4 Å². The standard InChI is InChI=1S/C30H42N6O3/c1-18(2)26-28(38)33-20(4)29(39)36-15-7-8-24(35-36)27(37)32-19(3)23-12-11-22-10-9-21(16-25(22)34-23)13-14-30(5,6)17-31-26/h9-14,16,18-20,24,26,31,35H,7-8,15,17H2,1-6H3,(H,32,37)(H,33,38)/t19-,20+,24+,26+/m1/s1. The zero-order valence-corrected chi connectivity index (χ0v) is 23.9. The molecule has 0 unspecified atom stereocenters. The van der Waals surface area contributed by atoms with Crippen molar-refractivity contribution in [1.29, 1.82) is 0 Å². The predicted molar refractivity (Wildman–Crippen MR) is 153 cm³/mol. The lowest BCUT2D eigenvalue weighted by Gasteiger charge is -2.35. The van der Waals surface area contributed by atoms with E-state index in [0.29, 0.717) is 25.9 Å². The molecule has 1 aromatic heterocycles. The van der Waals surface area contributed by atoms with Gasteiger partial charge in [-0.25, -0.2) is 5.43 Å². The second-order valence-electron chi connectivity index (χ2n) is 11.9. The van der Waals surface area contributed by atoms with Gasteiger partial charge in [0, 0.05) is 18.5 Å². The molecule has 1 aromatic carbocycles. The minimum Gasteiger partial charge on any atom is -0.347 e. The number of fused-ring (bicyclic) bond motifs is 4. The molecule has 9 nitrogen and oxygen atoms in total. The van der Waals surface area contributed by atoms with Gasteiger partial charge >= 0.3 is 0 Å². The van der Waals surface area contributed by atoms with E-state index in [-0.39, 0.29) is 35.1 Å². The Bertz CT molecular complexity index is 1260. The number of carbonyl (C=O) groups is 3. The van der Waals surface area contributed by atoms with Gasteiger partial charge in [-0.3, -0.25) is 24.4 Å². The molecule has 5 bridgehead atoms. The summed E-state index contributed by atoms with van der Waals surface area (Å²) in [6.45, 7) is 12.9. The van der Waals surface area contributed by atoms with Crippen molar-refractivity contribution < 1.29 is 14.4 Å². The second kappa shape index (κ2) is 11.8. The van der Waals surface area contributed by atoms with Gasteiger partial charge in [0.15, 0.2) is 0 Å². The van der Waals surface area contributed by atoms with E-state index in [4.69, 9.17) is 4.98 Å². The van der Waals surface area contributed by atoms with Gasteiger partial charge in [-0.15, -0.1) is 0 Å². The van der Waals surface area contributed by atoms with Crippen LogP contribution in [0.3, 0.4) is 0 Å². The molecule has 39 heavy (non-hydrogen) atoms. The number of pyridine rings is 1. The maximum absolute atomic E-state index is 13.2. The van der Waals surface area contributed by atoms with Crippen molar-refractivity contribution in [2.45, 2.75) is 78.6 Å². The van der Waals surface area contributed by atoms with Gasteiger partial charge in [0.05, 0.1) is 23.3 Å². The Hall–Kier alpha value is -3.30. The fourth-order valence-electron chi connectivity index (χ4n) is 5.00. The van der Waals surface area contributed by atoms with Crippen LogP contribution in [0, 0.1) is 11.3 Å². The molecule has 1 saturated heterocycles. The molecule has 2 aliphatic rings. The number of hydrazine groups is 1. The largest absolute Gasteiger partial charge is 0.347 e. The van der Waals surface area contributed by atoms with E-state index in [0.717, 1.165) is 22.2 Å². The van der Waals surface area contributed by atoms with E-state index < -0.39 is 18.1 Å². The topological polar surface area (TPSA) is 115 Å². The first-order valence-electron chi connectivity index (χ1n) is 13.9. The number of hydrogen-bond donors (Lipinski definition) is 4. The van der Waals surface area contributed by atoms with E-state index in [9.17, 15) is 14.4 Å². The van der Waals surface area contributed by atoms with Crippen LogP contribution < -0.4 is 21.4 Å². The lowest BCUT2D eigenvalue weighted by Crippen LogP contribution is -2.61. The summed E-state index contributed by atoms with van der Waals surface area (Å²) in [7, 11) is 0. The lowest BCUT2D eigenvalue weighted by atomic mass is 9.90. The van der Waals surface area contributed by atoms with Crippen LogP contribution in [0.25, 0.3) is 17.0 Å². The van der Waals surface area contributed by atoms with Crippen LogP contribution in [0.5, 0.6) is 0 Å². The molecule has 3 heterocycles. The summed E-state index contributed by atoms with van der Waals surface area (Å²) in [6, 6.07) is 8.07. The highest BCUT2D eigenvalue weighted by molar-refractivity contribution is 5.90. The molecule has 3 amide bonds. The lowest BCUT2D eigenvalue weighted by molar-refractivity contribution is -0.143. The molecule has 0 radical (unpaired) electrons. The minimum absolute atomic E-state index is 0.0256. The molecule has 210 valence electrons. The smallest absolute Gasteiger partial charge is 0.258 e. The van der Waals surface area contributed by atoms with Crippen molar-refractivity contribution in [2.24, 2.45) is 11.3 Å². The van der Waals surface area contributed by atoms with E-state index in [1.807, 2.05) is 45.0 Å². The van der Waals surface area contributed by atoms with Gasteiger partial charge in [0.1, 0.15) is 12.1 Å². The molecular weight excluding hydrogens is 492 g/mol. The molecule has 1 fully saturated rings. The van der Waals surface area contributed by atoms with Crippen molar-refractivity contribution in [3.8, 4) is 0 Å². The first-order valence-corrected chi connectivity index (χ1v) is 13.9. The summed E-state index contributed by atoms with van der Waals surface area (Å²) in [5.41, 5.74) is 5.51. The quantitative estimate of drug-likeness (QED) is 0.447. The molecule has 0 aliphatic carbocycles. The number of benzene rings is 1. The Morgan fingerprint density at radius 2 is 1.72 bits per heavy atom. The highest BCUT2D eigenvalue weighted by Gasteiger charge is 2.33. The van der Waals surface area contributed by atoms with Crippen LogP contribution in [0.1, 0.15) is 71.7 Å². The molecule has 2 aromatic rings. The Labute approximate surface area is 231 Å². The van der Waals surface area contributed by atoms with Crippen molar-refractivity contribution in [3.63, 3.8) is 0 Å². The summed E-state index contributed by atoms with van der Waals surface area (Å²) in [5, 5.41) is 11.9. The zero-order valence-electron chi connectivity index (χ0n) is 23.9. The monoisotopic (exact) mass is 534 g/mol. The van der Waals surface area contributed by atoms with Crippen molar-refractivity contribution in [3.05, 3.63) is 47.7 Å². The SMILES string of the molecule is CC(C)[C@@H]1NCC(C)(C)C=Cc2ccc3ccc(nc3c2)[C@@H](C)NC(=O)[C@@H]2CCCN(N2)C(=O)[C@H](C)NC1=O. The Morgan fingerprint density at radius 3 is 2.46 bits per heavy atom. The molecule has 4 N–H and O–H groups in total. The van der Waals surface area contributed by atoms with Gasteiger partial charge in [-0.2, -0.15) is 0 Å². The van der Waals surface area contributed by atoms with Crippen LogP contribution in [-0.2, 0) is 14.4 Å². The number of nitrogens with one attached hydrogen (secondary N) is 4. The number of amides is 3. The summed E-state index contributed by atoms with van der Waals surface area (Å²) < 4.78 is 0. The second-order valence-corrected chi connectivity index (χ2v) is 11.9. The third kappa shape index (κ3) is 7.02. The number of rotatable bonds is 1. The highest BCUT2D eigenvalue weighted by Crippen LogP contribution is 2.23. The molecule has 4 atom stereocenters. The third-order valence-electron chi connectivity index (χ3n) is 7.49. The molecule has 9 heteroatoms. The first kappa shape index (κ1) is 28.7. The molecule has 0 saturated carbocycles. The predicted octanol–water partition coefficient (Wildman–Crippen LogP) is 3.08. The van der Waals surface area contributed by atoms with Crippen molar-refractivity contribution in [2.75, 3.05) is 13.1 Å². The van der Waals surface area contributed by atoms with Crippen LogP contribution in [-0.4, -0.2) is 58.9 Å². The summed E-state index contributed by atoms with van der Waals surface area (Å²) in [4.78, 5) is 44.4. The first-order chi connectivity index (χ1) is 18.4. The fourth-order valence-corrected chi connectivity index (χ4v) is 5.00. The van der Waals surface area contributed by atoms with Crippen LogP contribution in [0.4, 0.5) is 0 Å². The van der Waals surface area contributed by atoms with Crippen molar-refractivity contribution >= 4 is 34.7 Å². The van der Waals surface area contributed by atoms with Crippen molar-refractivity contribution in [1.82, 2.24) is 31.4 Å². The summed E-state index contributed by atoms with van der Waals surface area (Å²) in [5.74, 6) is -0.644. The Balaban J connectivity index is 1.67. The highest BCUT2D eigenvalue weighted by atomic mass is 16.2. The summed E-state index contributed by atoms with van der Waals surface area (Å²) in [6.07, 6.45) is 5.51. The maximum atomic E-state index is 13.2. The third-order valence-corrected chi connectivity index (χ3v) is 7.49. The van der Waals surface area contributed by atoms with Gasteiger partial charge in [-0.05, 0) is 55.7 Å². The maximum Gasteiger partial charge on any atom is 0.258 e. The normalized spacial score (nSPS) is 26.9. The van der Waals surface area contributed by atoms with E-state index >= 15 is 0 Å². The van der Waals surface area contributed by atoms with E-state index in [1.165, 1.54) is 5.01 Å². The van der Waals surface area contributed by atoms with Crippen LogP contribution in [0.2, 0.25) is 0 Å².